The Balaban J connectivity index is 3.22. The third-order valence-electron chi connectivity index (χ3n) is 1.62. The molecule has 0 unspecified atom stereocenters. The number of aryl methyl sites for hydroxylation is 1. The van der Waals surface area contributed by atoms with Crippen molar-refractivity contribution < 1.29 is 18.7 Å². The van der Waals surface area contributed by atoms with Crippen LogP contribution in [0.1, 0.15) is 29.4 Å². The van der Waals surface area contributed by atoms with Crippen molar-refractivity contribution in [3.63, 3.8) is 0 Å². The van der Waals surface area contributed by atoms with Crippen molar-refractivity contribution in [2.45, 2.75) is 19.9 Å². The third-order valence-corrected chi connectivity index (χ3v) is 1.62. The molecule has 0 aliphatic carbocycles. The second-order valence-corrected chi connectivity index (χ2v) is 2.37. The number of rotatable bonds is 3. The largest absolute Gasteiger partial charge is 0.478 e. The molecule has 13 heavy (non-hydrogen) atoms. The van der Waals surface area contributed by atoms with E-state index in [9.17, 15) is 13.6 Å². The summed E-state index contributed by atoms with van der Waals surface area (Å²) in [6.45, 7) is 1.84. The van der Waals surface area contributed by atoms with Crippen LogP contribution >= 0.6 is 0 Å². The van der Waals surface area contributed by atoms with Gasteiger partial charge >= 0.3 is 5.97 Å². The van der Waals surface area contributed by atoms with Gasteiger partial charge in [0.2, 0.25) is 0 Å². The molecule has 0 radical (unpaired) electrons. The first-order chi connectivity index (χ1) is 6.07. The molecule has 0 aliphatic heterocycles. The zero-order valence-electron chi connectivity index (χ0n) is 6.87. The van der Waals surface area contributed by atoms with Crippen LogP contribution in [0.3, 0.4) is 0 Å². The zero-order valence-corrected chi connectivity index (χ0v) is 6.87. The summed E-state index contributed by atoms with van der Waals surface area (Å²) in [5.74, 6) is -1.38. The van der Waals surface area contributed by atoms with Crippen molar-refractivity contribution in [1.29, 1.82) is 0 Å². The Morgan fingerprint density at radius 1 is 1.77 bits per heavy atom. The first-order valence-corrected chi connectivity index (χ1v) is 3.65. The summed E-state index contributed by atoms with van der Waals surface area (Å²) in [7, 11) is 0. The van der Waals surface area contributed by atoms with Gasteiger partial charge in [-0.05, 0) is 6.92 Å². The molecule has 0 bridgehead atoms. The summed E-state index contributed by atoms with van der Waals surface area (Å²) >= 11 is 0. The normalized spacial score (nSPS) is 10.8. The van der Waals surface area contributed by atoms with Crippen molar-refractivity contribution in [3.8, 4) is 0 Å². The number of carboxylic acids is 1. The molecule has 72 valence electrons. The number of halogens is 2. The molecule has 6 heteroatoms. The fraction of sp³-hybridized carbons (Fsp3) is 0.429. The van der Waals surface area contributed by atoms with Gasteiger partial charge in [-0.15, -0.1) is 0 Å². The van der Waals surface area contributed by atoms with Crippen molar-refractivity contribution in [2.24, 2.45) is 0 Å². The van der Waals surface area contributed by atoms with Gasteiger partial charge in [0.25, 0.3) is 6.43 Å². The van der Waals surface area contributed by atoms with Crippen molar-refractivity contribution >= 4 is 5.97 Å². The molecular formula is C7H8F2N2O2. The maximum absolute atomic E-state index is 12.3. The van der Waals surface area contributed by atoms with Crippen molar-refractivity contribution in [3.05, 3.63) is 17.5 Å². The molecule has 1 heterocycles. The van der Waals surface area contributed by atoms with Gasteiger partial charge in [0.1, 0.15) is 11.3 Å². The first kappa shape index (κ1) is 9.63. The van der Waals surface area contributed by atoms with Crippen LogP contribution < -0.4 is 0 Å². The van der Waals surface area contributed by atoms with Crippen LogP contribution in [0.15, 0.2) is 6.20 Å². The Morgan fingerprint density at radius 2 is 2.38 bits per heavy atom. The number of hydrogen-bond acceptors (Lipinski definition) is 2. The van der Waals surface area contributed by atoms with Crippen LogP contribution in [0.2, 0.25) is 0 Å². The lowest BCUT2D eigenvalue weighted by atomic mass is 10.2. The maximum Gasteiger partial charge on any atom is 0.339 e. The number of nitrogens with zero attached hydrogens (tertiary/aromatic N) is 2. The summed E-state index contributed by atoms with van der Waals surface area (Å²) < 4.78 is 25.7. The average molecular weight is 190 g/mol. The Labute approximate surface area is 72.8 Å². The highest BCUT2D eigenvalue weighted by Gasteiger charge is 2.23. The molecule has 0 fully saturated rings. The number of carboxylic acid groups (broad SMARTS) is 1. The van der Waals surface area contributed by atoms with Gasteiger partial charge in [0, 0.05) is 6.54 Å². The molecule has 1 aromatic rings. The van der Waals surface area contributed by atoms with E-state index in [0.717, 1.165) is 10.9 Å². The first-order valence-electron chi connectivity index (χ1n) is 3.65. The van der Waals surface area contributed by atoms with Crippen molar-refractivity contribution in [2.75, 3.05) is 0 Å². The van der Waals surface area contributed by atoms with E-state index in [1.165, 1.54) is 0 Å². The van der Waals surface area contributed by atoms with Gasteiger partial charge in [-0.1, -0.05) is 0 Å². The second kappa shape index (κ2) is 3.51. The highest BCUT2D eigenvalue weighted by atomic mass is 19.3. The summed E-state index contributed by atoms with van der Waals surface area (Å²) in [6, 6.07) is 0. The van der Waals surface area contributed by atoms with E-state index < -0.39 is 23.7 Å². The molecule has 0 saturated carbocycles. The van der Waals surface area contributed by atoms with Gasteiger partial charge in [-0.2, -0.15) is 5.10 Å². The molecule has 0 aromatic carbocycles. The van der Waals surface area contributed by atoms with Crippen LogP contribution in [-0.2, 0) is 6.54 Å². The smallest absolute Gasteiger partial charge is 0.339 e. The fourth-order valence-corrected chi connectivity index (χ4v) is 1.04. The molecule has 1 aromatic heterocycles. The van der Waals surface area contributed by atoms with Gasteiger partial charge in [-0.25, -0.2) is 13.6 Å². The van der Waals surface area contributed by atoms with E-state index >= 15 is 0 Å². The van der Waals surface area contributed by atoms with E-state index in [-0.39, 0.29) is 6.54 Å². The minimum Gasteiger partial charge on any atom is -0.478 e. The van der Waals surface area contributed by atoms with Gasteiger partial charge in [0.05, 0.1) is 6.20 Å². The van der Waals surface area contributed by atoms with Crippen LogP contribution in [0.25, 0.3) is 0 Å². The monoisotopic (exact) mass is 190 g/mol. The quantitative estimate of drug-likeness (QED) is 0.786. The topological polar surface area (TPSA) is 55.1 Å². The molecular weight excluding hydrogens is 182 g/mol. The molecule has 1 N–H and O–H groups in total. The van der Waals surface area contributed by atoms with E-state index in [1.54, 1.807) is 6.92 Å². The molecule has 0 aliphatic rings. The van der Waals surface area contributed by atoms with Gasteiger partial charge in [-0.3, -0.25) is 4.68 Å². The number of alkyl halides is 2. The Morgan fingerprint density at radius 3 is 2.77 bits per heavy atom. The molecule has 0 spiro atoms. The lowest BCUT2D eigenvalue weighted by Gasteiger charge is -2.03. The summed E-state index contributed by atoms with van der Waals surface area (Å²) in [6.07, 6.45) is -1.87. The highest BCUT2D eigenvalue weighted by Crippen LogP contribution is 2.22. The van der Waals surface area contributed by atoms with Crippen molar-refractivity contribution in [1.82, 2.24) is 9.78 Å². The summed E-state index contributed by atoms with van der Waals surface area (Å²) in [5, 5.41) is 12.1. The molecule has 4 nitrogen and oxygen atoms in total. The molecule has 0 atom stereocenters. The Kier molecular flexibility index (Phi) is 2.60. The number of aromatic carboxylic acids is 1. The van der Waals surface area contributed by atoms with Crippen LogP contribution in [0.4, 0.5) is 8.78 Å². The maximum atomic E-state index is 12.3. The number of hydrogen-bond donors (Lipinski definition) is 1. The second-order valence-electron chi connectivity index (χ2n) is 2.37. The average Bonchev–Trinajstić information content (AvgIpc) is 2.46. The lowest BCUT2D eigenvalue weighted by Crippen LogP contribution is -2.07. The number of aromatic nitrogens is 2. The van der Waals surface area contributed by atoms with Crippen LogP contribution in [0.5, 0.6) is 0 Å². The third kappa shape index (κ3) is 1.66. The minimum absolute atomic E-state index is 0.229. The SMILES string of the molecule is CCn1ncc(C(=O)O)c1C(F)F. The standard InChI is InChI=1S/C7H8F2N2O2/c1-2-11-5(6(8)9)4(3-10-11)7(12)13/h3,6H,2H2,1H3,(H,12,13). The summed E-state index contributed by atoms with van der Waals surface area (Å²) in [5.41, 5.74) is -0.966. The minimum atomic E-state index is -2.81. The molecule has 0 saturated heterocycles. The molecule has 0 amide bonds. The van der Waals surface area contributed by atoms with Crippen LogP contribution in [-0.4, -0.2) is 20.9 Å². The van der Waals surface area contributed by atoms with E-state index in [4.69, 9.17) is 5.11 Å². The summed E-state index contributed by atoms with van der Waals surface area (Å²) in [4.78, 5) is 10.5. The fourth-order valence-electron chi connectivity index (χ4n) is 1.04. The van der Waals surface area contributed by atoms with E-state index in [2.05, 4.69) is 5.10 Å². The lowest BCUT2D eigenvalue weighted by molar-refractivity contribution is 0.0682. The van der Waals surface area contributed by atoms with Gasteiger partial charge < -0.3 is 5.11 Å². The van der Waals surface area contributed by atoms with E-state index in [1.807, 2.05) is 0 Å². The number of carbonyl (C=O) groups is 1. The predicted molar refractivity (Wildman–Crippen MR) is 39.8 cm³/mol. The van der Waals surface area contributed by atoms with Gasteiger partial charge in [0.15, 0.2) is 0 Å². The predicted octanol–water partition coefficient (Wildman–Crippen LogP) is 1.54. The van der Waals surface area contributed by atoms with Crippen LogP contribution in [0, 0.1) is 0 Å². The Hall–Kier alpha value is -1.46. The highest BCUT2D eigenvalue weighted by molar-refractivity contribution is 5.88. The molecule has 1 rings (SSSR count). The van der Waals surface area contributed by atoms with E-state index in [0.29, 0.717) is 0 Å². The zero-order chi connectivity index (χ0) is 10.0. The Bertz CT molecular complexity index is 322.